The van der Waals surface area contributed by atoms with Gasteiger partial charge in [-0.15, -0.1) is 0 Å². The molecule has 1 aromatic heterocycles. The number of hydrogen-bond acceptors (Lipinski definition) is 7. The van der Waals surface area contributed by atoms with Crippen LogP contribution in [0.25, 0.3) is 0 Å². The predicted molar refractivity (Wildman–Crippen MR) is 114 cm³/mol. The molecule has 3 aliphatic heterocycles. The lowest BCUT2D eigenvalue weighted by Crippen LogP contribution is -2.47. The molecule has 0 spiro atoms. The van der Waals surface area contributed by atoms with Gasteiger partial charge in [0.1, 0.15) is 0 Å². The third-order valence-corrected chi connectivity index (χ3v) is 6.06. The summed E-state index contributed by atoms with van der Waals surface area (Å²) in [4.78, 5) is 24.1. The van der Waals surface area contributed by atoms with Gasteiger partial charge in [-0.1, -0.05) is 18.2 Å². The zero-order valence-corrected chi connectivity index (χ0v) is 16.5. The van der Waals surface area contributed by atoms with Crippen molar-refractivity contribution in [2.75, 3.05) is 72.0 Å². The Hall–Kier alpha value is -2.57. The molecular weight excluding hydrogens is 350 g/mol. The summed E-state index contributed by atoms with van der Waals surface area (Å²) in [6.45, 7) is 8.11. The molecule has 1 aromatic carbocycles. The van der Waals surface area contributed by atoms with Crippen molar-refractivity contribution in [2.24, 2.45) is 0 Å². The van der Waals surface area contributed by atoms with Crippen LogP contribution in [0.15, 0.2) is 30.3 Å². The fourth-order valence-electron chi connectivity index (χ4n) is 4.41. The molecule has 3 aliphatic rings. The van der Waals surface area contributed by atoms with Crippen molar-refractivity contribution in [1.29, 1.82) is 0 Å². The first-order valence-corrected chi connectivity index (χ1v) is 10.7. The van der Waals surface area contributed by atoms with Crippen LogP contribution in [0, 0.1) is 0 Å². The Morgan fingerprint density at radius 1 is 0.464 bits per heavy atom. The van der Waals surface area contributed by atoms with Gasteiger partial charge >= 0.3 is 0 Å². The second kappa shape index (κ2) is 7.81. The smallest absolute Gasteiger partial charge is 0.232 e. The van der Waals surface area contributed by atoms with Crippen molar-refractivity contribution in [3.8, 4) is 0 Å². The molecule has 0 bridgehead atoms. The Morgan fingerprint density at radius 3 is 1.32 bits per heavy atom. The molecule has 3 saturated heterocycles. The van der Waals surface area contributed by atoms with Gasteiger partial charge in [0.25, 0.3) is 0 Å². The summed E-state index contributed by atoms with van der Waals surface area (Å²) in [7, 11) is 0. The highest BCUT2D eigenvalue weighted by Gasteiger charge is 2.25. The summed E-state index contributed by atoms with van der Waals surface area (Å²) in [6, 6.07) is 10.7. The molecule has 0 aliphatic carbocycles. The molecule has 0 saturated carbocycles. The summed E-state index contributed by atoms with van der Waals surface area (Å²) in [5.41, 5.74) is 1.30. The van der Waals surface area contributed by atoms with Gasteiger partial charge in [-0.05, 0) is 37.8 Å². The quantitative estimate of drug-likeness (QED) is 0.808. The predicted octanol–water partition coefficient (Wildman–Crippen LogP) is 2.40. The van der Waals surface area contributed by atoms with Crippen LogP contribution in [0.3, 0.4) is 0 Å². The van der Waals surface area contributed by atoms with E-state index < -0.39 is 0 Å². The Balaban J connectivity index is 1.36. The fourth-order valence-corrected chi connectivity index (χ4v) is 4.41. The molecule has 7 nitrogen and oxygen atoms in total. The van der Waals surface area contributed by atoms with Gasteiger partial charge in [-0.3, -0.25) is 0 Å². The van der Waals surface area contributed by atoms with Gasteiger partial charge in [0, 0.05) is 58.0 Å². The summed E-state index contributed by atoms with van der Waals surface area (Å²) < 4.78 is 0. The normalized spacial score (nSPS) is 20.3. The van der Waals surface area contributed by atoms with E-state index >= 15 is 0 Å². The highest BCUT2D eigenvalue weighted by Crippen LogP contribution is 2.25. The molecule has 3 fully saturated rings. The van der Waals surface area contributed by atoms with E-state index in [1.165, 1.54) is 31.4 Å². The molecule has 148 valence electrons. The van der Waals surface area contributed by atoms with Crippen LogP contribution in [0.2, 0.25) is 0 Å². The number of benzene rings is 1. The van der Waals surface area contributed by atoms with Crippen LogP contribution in [0.1, 0.15) is 25.7 Å². The van der Waals surface area contributed by atoms with Crippen molar-refractivity contribution in [3.05, 3.63) is 30.3 Å². The molecule has 28 heavy (non-hydrogen) atoms. The van der Waals surface area contributed by atoms with Crippen LogP contribution in [-0.4, -0.2) is 67.3 Å². The second-order valence-electron chi connectivity index (χ2n) is 7.93. The van der Waals surface area contributed by atoms with Crippen molar-refractivity contribution < 1.29 is 0 Å². The third-order valence-electron chi connectivity index (χ3n) is 6.06. The molecular formula is C21H29N7. The summed E-state index contributed by atoms with van der Waals surface area (Å²) in [6.07, 6.45) is 4.93. The van der Waals surface area contributed by atoms with Gasteiger partial charge in [0.2, 0.25) is 17.8 Å². The van der Waals surface area contributed by atoms with Crippen molar-refractivity contribution in [2.45, 2.75) is 25.7 Å². The second-order valence-corrected chi connectivity index (χ2v) is 7.93. The van der Waals surface area contributed by atoms with E-state index in [9.17, 15) is 0 Å². The zero-order chi connectivity index (χ0) is 18.8. The van der Waals surface area contributed by atoms with Gasteiger partial charge in [-0.25, -0.2) is 0 Å². The van der Waals surface area contributed by atoms with E-state index in [-0.39, 0.29) is 0 Å². The topological polar surface area (TPSA) is 51.6 Å². The molecule has 0 radical (unpaired) electrons. The molecule has 0 N–H and O–H groups in total. The molecule has 2 aromatic rings. The Kier molecular flexibility index (Phi) is 4.89. The first-order valence-electron chi connectivity index (χ1n) is 10.7. The SMILES string of the molecule is c1ccc(N2CCN(c3nc(N4CCCC4)nc(N4CCCC4)n3)CC2)cc1. The maximum absolute atomic E-state index is 4.89. The minimum absolute atomic E-state index is 0.853. The maximum Gasteiger partial charge on any atom is 0.232 e. The minimum atomic E-state index is 0.853. The van der Waals surface area contributed by atoms with Crippen molar-refractivity contribution >= 4 is 23.5 Å². The van der Waals surface area contributed by atoms with Crippen LogP contribution in [0.4, 0.5) is 23.5 Å². The monoisotopic (exact) mass is 379 g/mol. The lowest BCUT2D eigenvalue weighted by atomic mass is 10.2. The number of piperazine rings is 1. The van der Waals surface area contributed by atoms with Crippen LogP contribution >= 0.6 is 0 Å². The van der Waals surface area contributed by atoms with E-state index in [1.54, 1.807) is 0 Å². The first-order chi connectivity index (χ1) is 13.9. The molecule has 5 rings (SSSR count). The number of rotatable bonds is 4. The largest absolute Gasteiger partial charge is 0.368 e. The van der Waals surface area contributed by atoms with Gasteiger partial charge in [0.05, 0.1) is 0 Å². The van der Waals surface area contributed by atoms with E-state index in [1.807, 2.05) is 0 Å². The lowest BCUT2D eigenvalue weighted by Gasteiger charge is -2.36. The van der Waals surface area contributed by atoms with E-state index in [0.29, 0.717) is 0 Å². The average Bonchev–Trinajstić information content (AvgIpc) is 3.48. The number of para-hydroxylation sites is 1. The number of nitrogens with zero attached hydrogens (tertiary/aromatic N) is 7. The minimum Gasteiger partial charge on any atom is -0.368 e. The van der Waals surface area contributed by atoms with Crippen LogP contribution < -0.4 is 19.6 Å². The molecule has 0 amide bonds. The van der Waals surface area contributed by atoms with Gasteiger partial charge < -0.3 is 19.6 Å². The van der Waals surface area contributed by atoms with E-state index in [2.05, 4.69) is 49.9 Å². The van der Waals surface area contributed by atoms with E-state index in [0.717, 1.165) is 70.2 Å². The highest BCUT2D eigenvalue weighted by atomic mass is 15.4. The third kappa shape index (κ3) is 3.57. The number of aromatic nitrogens is 3. The highest BCUT2D eigenvalue weighted by molar-refractivity contribution is 5.51. The summed E-state index contributed by atoms with van der Waals surface area (Å²) >= 11 is 0. The van der Waals surface area contributed by atoms with Gasteiger partial charge in [-0.2, -0.15) is 15.0 Å². The lowest BCUT2D eigenvalue weighted by molar-refractivity contribution is 0.636. The standard InChI is InChI=1S/C21H29N7/c1-2-8-18(9-3-1)25-14-16-28(17-15-25)21-23-19(26-10-4-5-11-26)22-20(24-21)27-12-6-7-13-27/h1-3,8-9H,4-7,10-17H2. The van der Waals surface area contributed by atoms with Crippen molar-refractivity contribution in [3.63, 3.8) is 0 Å². The first kappa shape index (κ1) is 17.5. The number of hydrogen-bond donors (Lipinski definition) is 0. The van der Waals surface area contributed by atoms with Crippen molar-refractivity contribution in [1.82, 2.24) is 15.0 Å². The Morgan fingerprint density at radius 2 is 0.857 bits per heavy atom. The van der Waals surface area contributed by atoms with Crippen LogP contribution in [0.5, 0.6) is 0 Å². The van der Waals surface area contributed by atoms with Gasteiger partial charge in [0.15, 0.2) is 0 Å². The summed E-state index contributed by atoms with van der Waals surface area (Å²) in [5.74, 6) is 2.59. The molecule has 7 heteroatoms. The molecule has 0 atom stereocenters. The van der Waals surface area contributed by atoms with E-state index in [4.69, 9.17) is 15.0 Å². The Labute approximate surface area is 167 Å². The average molecular weight is 380 g/mol. The fraction of sp³-hybridized carbons (Fsp3) is 0.571. The molecule has 0 unspecified atom stereocenters. The number of anilines is 4. The van der Waals surface area contributed by atoms with Crippen LogP contribution in [-0.2, 0) is 0 Å². The zero-order valence-electron chi connectivity index (χ0n) is 16.5. The molecule has 4 heterocycles. The summed E-state index contributed by atoms with van der Waals surface area (Å²) in [5, 5.41) is 0. The maximum atomic E-state index is 4.89. The Bertz CT molecular complexity index is 742.